The lowest BCUT2D eigenvalue weighted by Crippen LogP contribution is -2.14. The van der Waals surface area contributed by atoms with Crippen LogP contribution in [0.1, 0.15) is 25.8 Å². The summed E-state index contributed by atoms with van der Waals surface area (Å²) in [5.74, 6) is 0. The van der Waals surface area contributed by atoms with Crippen LogP contribution in [0.5, 0.6) is 0 Å². The quantitative estimate of drug-likeness (QED) is 0.836. The normalized spacial score (nSPS) is 10.2. The number of nitrogens with one attached hydrogen (secondary N) is 1. The van der Waals surface area contributed by atoms with Gasteiger partial charge in [-0.3, -0.25) is 0 Å². The van der Waals surface area contributed by atoms with Gasteiger partial charge in [0.1, 0.15) is 0 Å². The number of benzene rings is 1. The van der Waals surface area contributed by atoms with E-state index in [2.05, 4.69) is 17.5 Å². The Morgan fingerprint density at radius 3 is 2.31 bits per heavy atom. The van der Waals surface area contributed by atoms with E-state index in [1.807, 2.05) is 26.0 Å². The van der Waals surface area contributed by atoms with Crippen LogP contribution in [0.2, 0.25) is 0 Å². The molecule has 0 aliphatic carbocycles. The van der Waals surface area contributed by atoms with Gasteiger partial charge in [0.05, 0.1) is 23.1 Å². The van der Waals surface area contributed by atoms with E-state index in [-0.39, 0.29) is 5.41 Å². The third kappa shape index (κ3) is 3.63. The summed E-state index contributed by atoms with van der Waals surface area (Å²) in [5.41, 5.74) is 1.34. The molecule has 0 fully saturated rings. The molecule has 0 saturated carbocycles. The van der Waals surface area contributed by atoms with E-state index in [1.54, 1.807) is 12.1 Å². The maximum atomic E-state index is 8.85. The zero-order valence-electron chi connectivity index (χ0n) is 9.62. The van der Waals surface area contributed by atoms with Gasteiger partial charge < -0.3 is 5.32 Å². The third-order valence-corrected chi connectivity index (χ3v) is 2.40. The number of nitrogens with zero attached hydrogens (tertiary/aromatic N) is 2. The van der Waals surface area contributed by atoms with Gasteiger partial charge >= 0.3 is 0 Å². The Morgan fingerprint density at radius 2 is 1.81 bits per heavy atom. The van der Waals surface area contributed by atoms with Crippen molar-refractivity contribution in [3.8, 4) is 12.1 Å². The molecule has 0 bridgehead atoms. The van der Waals surface area contributed by atoms with E-state index < -0.39 is 0 Å². The lowest BCUT2D eigenvalue weighted by molar-refractivity contribution is 0.466. The first-order valence-electron chi connectivity index (χ1n) is 5.23. The summed E-state index contributed by atoms with van der Waals surface area (Å²) in [5, 5.41) is 20.7. The van der Waals surface area contributed by atoms with Crippen molar-refractivity contribution in [1.29, 1.82) is 10.5 Å². The molecule has 0 aliphatic rings. The van der Waals surface area contributed by atoms with Gasteiger partial charge in [0, 0.05) is 12.2 Å². The highest BCUT2D eigenvalue weighted by atomic mass is 14.9. The second-order valence-electron chi connectivity index (χ2n) is 4.36. The van der Waals surface area contributed by atoms with Gasteiger partial charge in [-0.05, 0) is 44.5 Å². The zero-order chi connectivity index (χ0) is 12.0. The van der Waals surface area contributed by atoms with E-state index >= 15 is 0 Å². The van der Waals surface area contributed by atoms with Crippen LogP contribution in [-0.2, 0) is 0 Å². The van der Waals surface area contributed by atoms with Gasteiger partial charge in [-0.25, -0.2) is 0 Å². The Hall–Kier alpha value is -2.00. The van der Waals surface area contributed by atoms with E-state index in [1.165, 1.54) is 0 Å². The predicted molar refractivity (Wildman–Crippen MR) is 63.7 cm³/mol. The Labute approximate surface area is 96.3 Å². The highest BCUT2D eigenvalue weighted by Crippen LogP contribution is 2.18. The SMILES string of the molecule is CC(C)(C#N)CCNc1ccc(C#N)cc1. The Morgan fingerprint density at radius 1 is 1.19 bits per heavy atom. The molecule has 3 nitrogen and oxygen atoms in total. The second kappa shape index (κ2) is 5.19. The number of hydrogen-bond acceptors (Lipinski definition) is 3. The van der Waals surface area contributed by atoms with Gasteiger partial charge in [0.2, 0.25) is 0 Å². The molecule has 16 heavy (non-hydrogen) atoms. The molecule has 0 spiro atoms. The van der Waals surface area contributed by atoms with Crippen molar-refractivity contribution in [1.82, 2.24) is 0 Å². The fourth-order valence-corrected chi connectivity index (χ4v) is 1.24. The van der Waals surface area contributed by atoms with Crippen LogP contribution in [0.25, 0.3) is 0 Å². The molecule has 82 valence electrons. The molecule has 1 aromatic carbocycles. The molecule has 3 heteroatoms. The largest absolute Gasteiger partial charge is 0.385 e. The number of rotatable bonds is 4. The lowest BCUT2D eigenvalue weighted by atomic mass is 9.91. The molecular formula is C13H15N3. The summed E-state index contributed by atoms with van der Waals surface area (Å²) in [6.07, 6.45) is 0.795. The van der Waals surface area contributed by atoms with Crippen molar-refractivity contribution in [2.45, 2.75) is 20.3 Å². The van der Waals surface area contributed by atoms with E-state index in [9.17, 15) is 0 Å². The van der Waals surface area contributed by atoms with Crippen LogP contribution >= 0.6 is 0 Å². The van der Waals surface area contributed by atoms with Crippen LogP contribution in [0, 0.1) is 28.1 Å². The zero-order valence-corrected chi connectivity index (χ0v) is 9.62. The number of hydrogen-bond donors (Lipinski definition) is 1. The molecule has 0 saturated heterocycles. The average Bonchev–Trinajstić information content (AvgIpc) is 2.30. The van der Waals surface area contributed by atoms with Gasteiger partial charge in [-0.2, -0.15) is 10.5 Å². The molecule has 0 aromatic heterocycles. The Bertz CT molecular complexity index is 418. The lowest BCUT2D eigenvalue weighted by Gasteiger charge is -2.15. The van der Waals surface area contributed by atoms with Crippen molar-refractivity contribution >= 4 is 5.69 Å². The minimum absolute atomic E-state index is 0.292. The fourth-order valence-electron chi connectivity index (χ4n) is 1.24. The number of nitriles is 2. The molecule has 0 amide bonds. The van der Waals surface area contributed by atoms with E-state index in [0.717, 1.165) is 18.7 Å². The van der Waals surface area contributed by atoms with Crippen molar-refractivity contribution in [2.24, 2.45) is 5.41 Å². The maximum Gasteiger partial charge on any atom is 0.0991 e. The first-order chi connectivity index (χ1) is 7.57. The topological polar surface area (TPSA) is 59.6 Å². The van der Waals surface area contributed by atoms with E-state index in [0.29, 0.717) is 5.56 Å². The van der Waals surface area contributed by atoms with Crippen LogP contribution in [0.4, 0.5) is 5.69 Å². The van der Waals surface area contributed by atoms with Crippen LogP contribution in [-0.4, -0.2) is 6.54 Å². The van der Waals surface area contributed by atoms with Crippen LogP contribution < -0.4 is 5.32 Å². The first kappa shape index (κ1) is 12.1. The smallest absolute Gasteiger partial charge is 0.0991 e. The minimum Gasteiger partial charge on any atom is -0.385 e. The summed E-state index contributed by atoms with van der Waals surface area (Å²) in [6, 6.07) is 11.6. The molecule has 1 aromatic rings. The van der Waals surface area contributed by atoms with Crippen molar-refractivity contribution in [3.05, 3.63) is 29.8 Å². The summed E-state index contributed by atoms with van der Waals surface area (Å²) in [6.45, 7) is 4.60. The summed E-state index contributed by atoms with van der Waals surface area (Å²) < 4.78 is 0. The van der Waals surface area contributed by atoms with Gasteiger partial charge in [-0.1, -0.05) is 0 Å². The standard InChI is InChI=1S/C13H15N3/c1-13(2,10-15)7-8-16-12-5-3-11(9-14)4-6-12/h3-6,16H,7-8H2,1-2H3. The molecule has 0 atom stereocenters. The molecule has 0 unspecified atom stereocenters. The monoisotopic (exact) mass is 213 g/mol. The summed E-state index contributed by atoms with van der Waals surface area (Å²) >= 11 is 0. The first-order valence-corrected chi connectivity index (χ1v) is 5.23. The van der Waals surface area contributed by atoms with Crippen LogP contribution in [0.15, 0.2) is 24.3 Å². The molecule has 1 rings (SSSR count). The average molecular weight is 213 g/mol. The second-order valence-corrected chi connectivity index (χ2v) is 4.36. The minimum atomic E-state index is -0.292. The maximum absolute atomic E-state index is 8.85. The predicted octanol–water partition coefficient (Wildman–Crippen LogP) is 2.91. The van der Waals surface area contributed by atoms with Crippen molar-refractivity contribution < 1.29 is 0 Å². The van der Waals surface area contributed by atoms with Crippen molar-refractivity contribution in [2.75, 3.05) is 11.9 Å². The fraction of sp³-hybridized carbons (Fsp3) is 0.385. The molecule has 0 aliphatic heterocycles. The molecular weight excluding hydrogens is 198 g/mol. The van der Waals surface area contributed by atoms with E-state index in [4.69, 9.17) is 10.5 Å². The van der Waals surface area contributed by atoms with Crippen LogP contribution in [0.3, 0.4) is 0 Å². The molecule has 0 radical (unpaired) electrons. The van der Waals surface area contributed by atoms with Gasteiger partial charge in [0.25, 0.3) is 0 Å². The molecule has 1 N–H and O–H groups in total. The van der Waals surface area contributed by atoms with Crippen molar-refractivity contribution in [3.63, 3.8) is 0 Å². The Balaban J connectivity index is 2.45. The highest BCUT2D eigenvalue weighted by molar-refractivity contribution is 5.47. The van der Waals surface area contributed by atoms with Gasteiger partial charge in [0.15, 0.2) is 0 Å². The number of anilines is 1. The Kier molecular flexibility index (Phi) is 3.91. The summed E-state index contributed by atoms with van der Waals surface area (Å²) in [7, 11) is 0. The third-order valence-electron chi connectivity index (χ3n) is 2.40. The highest BCUT2D eigenvalue weighted by Gasteiger charge is 2.15. The summed E-state index contributed by atoms with van der Waals surface area (Å²) in [4.78, 5) is 0. The molecule has 0 heterocycles. The van der Waals surface area contributed by atoms with Gasteiger partial charge in [-0.15, -0.1) is 0 Å².